The molecule has 0 atom stereocenters. The molecule has 2 nitrogen and oxygen atoms in total. The number of aryl methyl sites for hydroxylation is 3. The van der Waals surface area contributed by atoms with Gasteiger partial charge in [-0.25, -0.2) is 0 Å². The van der Waals surface area contributed by atoms with Gasteiger partial charge in [-0.2, -0.15) is 0 Å². The molecule has 3 rings (SSSR count). The van der Waals surface area contributed by atoms with E-state index in [2.05, 4.69) is 140 Å². The Morgan fingerprint density at radius 3 is 1.00 bits per heavy atom. The number of hydrogen-bond donors (Lipinski definition) is 2. The van der Waals surface area contributed by atoms with E-state index in [9.17, 15) is 10.2 Å². The van der Waals surface area contributed by atoms with E-state index in [-0.39, 0.29) is 46.5 Å². The van der Waals surface area contributed by atoms with Crippen LogP contribution in [-0.2, 0) is 41.6 Å². The molecule has 42 heavy (non-hydrogen) atoms. The van der Waals surface area contributed by atoms with E-state index in [1.165, 1.54) is 32.0 Å². The second-order valence-electron chi connectivity index (χ2n) is 14.9. The van der Waals surface area contributed by atoms with E-state index in [1.807, 2.05) is 35.6 Å². The van der Waals surface area contributed by atoms with Crippen LogP contribution in [0.3, 0.4) is 0 Å². The van der Waals surface area contributed by atoms with Crippen LogP contribution >= 0.6 is 36.2 Å². The van der Waals surface area contributed by atoms with Crippen molar-refractivity contribution in [2.75, 3.05) is 0 Å². The van der Waals surface area contributed by atoms with E-state index < -0.39 is 0 Å². The third-order valence-corrected chi connectivity index (χ3v) is 8.45. The number of phenols is 2. The fourth-order valence-electron chi connectivity index (χ4n) is 5.37. The third-order valence-electron chi connectivity index (χ3n) is 6.69. The van der Waals surface area contributed by atoms with E-state index >= 15 is 0 Å². The van der Waals surface area contributed by atoms with Gasteiger partial charge >= 0.3 is 64.4 Å². The van der Waals surface area contributed by atoms with Crippen molar-refractivity contribution in [1.29, 1.82) is 0 Å². The van der Waals surface area contributed by atoms with Gasteiger partial charge in [0.1, 0.15) is 11.5 Å². The molecule has 2 aromatic carbocycles. The summed E-state index contributed by atoms with van der Waals surface area (Å²) in [6.07, 6.45) is 0. The number of rotatable bonds is 1. The fourth-order valence-corrected chi connectivity index (χ4v) is 6.50. The number of halogens is 2. The Labute approximate surface area is 285 Å². The summed E-state index contributed by atoms with van der Waals surface area (Å²) in [7, 11) is 0. The monoisotopic (exact) mass is 670 g/mol. The minimum atomic E-state index is -0.0291. The predicted octanol–water partition coefficient (Wildman–Crippen LogP) is 11.2. The van der Waals surface area contributed by atoms with Crippen molar-refractivity contribution in [2.45, 2.75) is 126 Å². The van der Waals surface area contributed by atoms with E-state index in [1.54, 1.807) is 0 Å². The molecule has 0 spiro atoms. The maximum atomic E-state index is 10.1. The molecule has 0 aliphatic heterocycles. The average Bonchev–Trinajstić information content (AvgIpc) is 3.19. The standard InChI is InChI=1S/2C15H24O.C6H6S.2ClH.Ti/c2*1-10-8-9-11(16)13(15(5,6)7)12(10)14(2,3)4;1-5-3-4-6(2)7-5;;;/h2*8-9,16H,1-7H3;1,3-4H,2H3;2*1H;. The van der Waals surface area contributed by atoms with Gasteiger partial charge in [0.15, 0.2) is 0 Å². The maximum Gasteiger partial charge on any atom is -0.147 e. The number of aromatic hydroxyl groups is 2. The van der Waals surface area contributed by atoms with Crippen molar-refractivity contribution in [3.8, 4) is 11.5 Å². The van der Waals surface area contributed by atoms with Crippen LogP contribution in [0.2, 0.25) is 0 Å². The molecule has 0 fully saturated rings. The minimum Gasteiger partial charge on any atom is -0.147 e. The second-order valence-corrected chi connectivity index (χ2v) is 16.7. The molecule has 6 heteroatoms. The molecule has 1 aromatic heterocycles. The van der Waals surface area contributed by atoms with Crippen LogP contribution in [0, 0.1) is 20.8 Å². The molecular formula is C36H56Cl2O2STi. The summed E-state index contributed by atoms with van der Waals surface area (Å²) < 4.78 is 2.12. The van der Waals surface area contributed by atoms with E-state index in [4.69, 9.17) is 0 Å². The Bertz CT molecular complexity index is 1140. The Kier molecular flexibility index (Phi) is 16.7. The molecule has 236 valence electrons. The minimum absolute atomic E-state index is 0. The fraction of sp³-hybridized carbons (Fsp3) is 0.528. The maximum absolute atomic E-state index is 10.1. The summed E-state index contributed by atoms with van der Waals surface area (Å²) >= 11 is 3.89. The summed E-state index contributed by atoms with van der Waals surface area (Å²) in [5.74, 6) is 0.839. The Morgan fingerprint density at radius 2 is 0.833 bits per heavy atom. The Balaban J connectivity index is 0. The van der Waals surface area contributed by atoms with Gasteiger partial charge in [-0.3, -0.25) is 0 Å². The summed E-state index contributed by atoms with van der Waals surface area (Å²) in [5.41, 5.74) is 7.30. The predicted molar refractivity (Wildman–Crippen MR) is 189 cm³/mol. The molecule has 3 aromatic rings. The molecule has 0 amide bonds. The molecule has 0 bridgehead atoms. The summed E-state index contributed by atoms with van der Waals surface area (Å²) in [6, 6.07) is 11.9. The van der Waals surface area contributed by atoms with Gasteiger partial charge in [-0.1, -0.05) is 95.2 Å². The molecular weight excluding hydrogens is 615 g/mol. The van der Waals surface area contributed by atoms with Crippen molar-refractivity contribution in [3.63, 3.8) is 0 Å². The summed E-state index contributed by atoms with van der Waals surface area (Å²) in [5, 5.41) is 20.2. The molecule has 0 unspecified atom stereocenters. The van der Waals surface area contributed by atoms with Crippen molar-refractivity contribution < 1.29 is 30.2 Å². The Hall–Kier alpha value is -1.10. The van der Waals surface area contributed by atoms with Crippen LogP contribution in [-0.4, -0.2) is 14.5 Å². The zero-order chi connectivity index (χ0) is 31.4. The number of hydrogen-bond acceptors (Lipinski definition) is 3. The number of benzene rings is 2. The van der Waals surface area contributed by atoms with Crippen LogP contribution < -0.4 is 0 Å². The van der Waals surface area contributed by atoms with Gasteiger partial charge < -0.3 is 10.2 Å². The first-order chi connectivity index (χ1) is 17.9. The SMILES string of the molecule is Cc1ccc(O)c(C(C)(C)C)c1C(C)(C)C.Cc1ccc(O)c(C(C)(C)C)c1C(C)(C)C.Cc1ccc([CH]=[Ti])s1.Cl.Cl. The Morgan fingerprint density at radius 1 is 0.524 bits per heavy atom. The van der Waals surface area contributed by atoms with Crippen LogP contribution in [0.4, 0.5) is 0 Å². The molecule has 0 saturated carbocycles. The normalized spacial score (nSPS) is 11.6. The van der Waals surface area contributed by atoms with Crippen molar-refractivity contribution in [2.24, 2.45) is 0 Å². The topological polar surface area (TPSA) is 40.5 Å². The van der Waals surface area contributed by atoms with Crippen LogP contribution in [0.15, 0.2) is 36.4 Å². The first kappa shape index (κ1) is 43.0. The van der Waals surface area contributed by atoms with Gasteiger partial charge in [-0.05, 0) is 69.9 Å². The molecule has 0 aliphatic rings. The average molecular weight is 672 g/mol. The van der Waals surface area contributed by atoms with Crippen molar-refractivity contribution >= 4 is 40.5 Å². The van der Waals surface area contributed by atoms with E-state index in [0.717, 1.165) is 11.1 Å². The first-order valence-corrected chi connectivity index (χ1v) is 15.9. The largest absolute Gasteiger partial charge is 0.147 e. The van der Waals surface area contributed by atoms with Crippen LogP contribution in [0.5, 0.6) is 11.5 Å². The van der Waals surface area contributed by atoms with Crippen molar-refractivity contribution in [3.05, 3.63) is 79.5 Å². The van der Waals surface area contributed by atoms with Gasteiger partial charge in [0.2, 0.25) is 0 Å². The van der Waals surface area contributed by atoms with Gasteiger partial charge in [0.05, 0.1) is 0 Å². The molecule has 1 heterocycles. The number of thiophene rings is 1. The van der Waals surface area contributed by atoms with Crippen LogP contribution in [0.1, 0.15) is 126 Å². The molecule has 0 radical (unpaired) electrons. The zero-order valence-electron chi connectivity index (χ0n) is 28.7. The summed E-state index contributed by atoms with van der Waals surface area (Å²) in [4.78, 5) is 2.75. The quantitative estimate of drug-likeness (QED) is 0.253. The first-order valence-electron chi connectivity index (χ1n) is 14.2. The van der Waals surface area contributed by atoms with E-state index in [0.29, 0.717) is 11.5 Å². The second kappa shape index (κ2) is 16.3. The van der Waals surface area contributed by atoms with Gasteiger partial charge in [0.25, 0.3) is 0 Å². The number of phenolic OH excluding ortho intramolecular Hbond substituents is 2. The van der Waals surface area contributed by atoms with Crippen LogP contribution in [0.25, 0.3) is 0 Å². The zero-order valence-corrected chi connectivity index (χ0v) is 32.7. The van der Waals surface area contributed by atoms with Crippen molar-refractivity contribution in [1.82, 2.24) is 0 Å². The van der Waals surface area contributed by atoms with Gasteiger partial charge in [-0.15, -0.1) is 24.8 Å². The molecule has 0 aliphatic carbocycles. The smallest absolute Gasteiger partial charge is 0.147 e. The summed E-state index contributed by atoms with van der Waals surface area (Å²) in [6.45, 7) is 32.5. The molecule has 2 N–H and O–H groups in total. The van der Waals surface area contributed by atoms with Gasteiger partial charge in [0, 0.05) is 11.1 Å². The molecule has 0 saturated heterocycles. The third kappa shape index (κ3) is 12.1.